The molecule has 1 N–H and O–H groups in total. The molecule has 8 heteroatoms. The first kappa shape index (κ1) is 15.7. The number of nitrogens with zero attached hydrogens (tertiary/aromatic N) is 3. The van der Waals surface area contributed by atoms with Crippen LogP contribution in [-0.2, 0) is 6.18 Å². The Balaban J connectivity index is 1.99. The molecule has 0 radical (unpaired) electrons. The topological polar surface area (TPSA) is 59.8 Å². The van der Waals surface area contributed by atoms with Gasteiger partial charge in [-0.25, -0.2) is 4.68 Å². The third-order valence-corrected chi connectivity index (χ3v) is 3.19. The van der Waals surface area contributed by atoms with Gasteiger partial charge in [0.1, 0.15) is 0 Å². The number of halogens is 3. The third kappa shape index (κ3) is 3.27. The number of pyridine rings is 1. The number of hydrogen-bond acceptors (Lipinski definition) is 3. The van der Waals surface area contributed by atoms with E-state index < -0.39 is 23.3 Å². The molecular weight excluding hydrogens is 321 g/mol. The van der Waals surface area contributed by atoms with Crippen molar-refractivity contribution >= 4 is 11.6 Å². The number of benzene rings is 1. The lowest BCUT2D eigenvalue weighted by Crippen LogP contribution is -2.17. The quantitative estimate of drug-likeness (QED) is 0.798. The van der Waals surface area contributed by atoms with Crippen LogP contribution >= 0.6 is 0 Å². The molecule has 0 aliphatic heterocycles. The fourth-order valence-corrected chi connectivity index (χ4v) is 2.10. The molecule has 0 aliphatic rings. The number of aromatic nitrogens is 3. The van der Waals surface area contributed by atoms with E-state index in [0.717, 1.165) is 10.9 Å². The highest BCUT2D eigenvalue weighted by Crippen LogP contribution is 2.31. The number of amides is 1. The lowest BCUT2D eigenvalue weighted by Gasteiger charge is -2.06. The zero-order valence-electron chi connectivity index (χ0n) is 12.2. The zero-order valence-corrected chi connectivity index (χ0v) is 12.2. The highest BCUT2D eigenvalue weighted by atomic mass is 19.4. The Bertz CT molecular complexity index is 845. The van der Waals surface area contributed by atoms with Gasteiger partial charge in [-0.3, -0.25) is 9.78 Å². The summed E-state index contributed by atoms with van der Waals surface area (Å²) in [6, 6.07) is 11.2. The van der Waals surface area contributed by atoms with E-state index >= 15 is 0 Å². The van der Waals surface area contributed by atoms with Gasteiger partial charge < -0.3 is 5.32 Å². The summed E-state index contributed by atoms with van der Waals surface area (Å²) in [5.41, 5.74) is -1.03. The Kier molecular flexibility index (Phi) is 4.03. The van der Waals surface area contributed by atoms with Crippen LogP contribution < -0.4 is 5.32 Å². The van der Waals surface area contributed by atoms with E-state index in [-0.39, 0.29) is 0 Å². The van der Waals surface area contributed by atoms with Gasteiger partial charge in [0.2, 0.25) is 0 Å². The molecule has 24 heavy (non-hydrogen) atoms. The number of nitrogens with one attached hydrogen (secondary N) is 1. The summed E-state index contributed by atoms with van der Waals surface area (Å²) in [7, 11) is 0. The van der Waals surface area contributed by atoms with Crippen LogP contribution in [0.25, 0.3) is 5.69 Å². The number of anilines is 1. The smallest absolute Gasteiger partial charge is 0.322 e. The Hall–Kier alpha value is -3.16. The van der Waals surface area contributed by atoms with Crippen molar-refractivity contribution in [3.05, 3.63) is 72.3 Å². The van der Waals surface area contributed by atoms with Gasteiger partial charge in [-0.15, -0.1) is 0 Å². The fraction of sp³-hybridized carbons (Fsp3) is 0.0625. The zero-order chi connectivity index (χ0) is 17.2. The second-order valence-corrected chi connectivity index (χ2v) is 4.86. The van der Waals surface area contributed by atoms with Crippen LogP contribution in [0.5, 0.6) is 0 Å². The minimum absolute atomic E-state index is 0.343. The molecule has 5 nitrogen and oxygen atoms in total. The van der Waals surface area contributed by atoms with Crippen molar-refractivity contribution in [1.29, 1.82) is 0 Å². The SMILES string of the molecule is O=C(Nc1ccncc1)c1cn(-c2ccccc2)nc1C(F)(F)F. The maximum atomic E-state index is 13.2. The van der Waals surface area contributed by atoms with Crippen molar-refractivity contribution in [3.8, 4) is 5.69 Å². The summed E-state index contributed by atoms with van der Waals surface area (Å²) in [6.07, 6.45) is -0.832. The van der Waals surface area contributed by atoms with Crippen molar-refractivity contribution in [3.63, 3.8) is 0 Å². The Morgan fingerprint density at radius 3 is 2.33 bits per heavy atom. The average Bonchev–Trinajstić information content (AvgIpc) is 3.02. The van der Waals surface area contributed by atoms with E-state index in [1.54, 1.807) is 30.3 Å². The van der Waals surface area contributed by atoms with E-state index in [2.05, 4.69) is 15.4 Å². The molecule has 0 atom stereocenters. The first-order valence-corrected chi connectivity index (χ1v) is 6.89. The Morgan fingerprint density at radius 1 is 1.04 bits per heavy atom. The van der Waals surface area contributed by atoms with E-state index in [1.807, 2.05) is 0 Å². The van der Waals surface area contributed by atoms with E-state index in [0.29, 0.717) is 11.4 Å². The highest BCUT2D eigenvalue weighted by Gasteiger charge is 2.39. The Morgan fingerprint density at radius 2 is 1.71 bits per heavy atom. The molecule has 3 aromatic rings. The molecule has 0 saturated heterocycles. The predicted molar refractivity (Wildman–Crippen MR) is 80.8 cm³/mol. The molecule has 2 aromatic heterocycles. The average molecular weight is 332 g/mol. The van der Waals surface area contributed by atoms with E-state index in [4.69, 9.17) is 0 Å². The molecule has 2 heterocycles. The van der Waals surface area contributed by atoms with Crippen LogP contribution in [0.2, 0.25) is 0 Å². The largest absolute Gasteiger partial charge is 0.435 e. The number of rotatable bonds is 3. The maximum absolute atomic E-state index is 13.2. The van der Waals surface area contributed by atoms with Crippen molar-refractivity contribution in [1.82, 2.24) is 14.8 Å². The molecular formula is C16H11F3N4O. The number of hydrogen-bond donors (Lipinski definition) is 1. The number of alkyl halides is 3. The summed E-state index contributed by atoms with van der Waals surface area (Å²) in [5, 5.41) is 5.94. The van der Waals surface area contributed by atoms with Crippen molar-refractivity contribution in [2.75, 3.05) is 5.32 Å². The van der Waals surface area contributed by atoms with Gasteiger partial charge in [0, 0.05) is 24.3 Å². The molecule has 3 rings (SSSR count). The normalized spacial score (nSPS) is 11.3. The van der Waals surface area contributed by atoms with Crippen molar-refractivity contribution in [2.24, 2.45) is 0 Å². The van der Waals surface area contributed by atoms with Gasteiger partial charge in [-0.05, 0) is 24.3 Å². The standard InChI is InChI=1S/C16H11F3N4O/c17-16(18,19)14-13(15(24)21-11-6-8-20-9-7-11)10-23(22-14)12-4-2-1-3-5-12/h1-10H,(H,20,21,24). The monoisotopic (exact) mass is 332 g/mol. The van der Waals surface area contributed by atoms with Crippen LogP contribution in [0, 0.1) is 0 Å². The number of carbonyl (C=O) groups is 1. The second-order valence-electron chi connectivity index (χ2n) is 4.86. The molecule has 0 saturated carbocycles. The molecule has 0 bridgehead atoms. The minimum atomic E-state index is -4.75. The lowest BCUT2D eigenvalue weighted by molar-refractivity contribution is -0.141. The number of carbonyl (C=O) groups excluding carboxylic acids is 1. The second kappa shape index (κ2) is 6.15. The lowest BCUT2D eigenvalue weighted by atomic mass is 10.2. The summed E-state index contributed by atoms with van der Waals surface area (Å²) >= 11 is 0. The van der Waals surface area contributed by atoms with E-state index in [1.165, 1.54) is 24.5 Å². The molecule has 0 fully saturated rings. The maximum Gasteiger partial charge on any atom is 0.435 e. The molecule has 0 unspecified atom stereocenters. The summed E-state index contributed by atoms with van der Waals surface area (Å²) < 4.78 is 40.7. The first-order valence-electron chi connectivity index (χ1n) is 6.89. The van der Waals surface area contributed by atoms with Crippen LogP contribution in [0.1, 0.15) is 16.1 Å². The Labute approximate surface area is 134 Å². The molecule has 1 aromatic carbocycles. The van der Waals surface area contributed by atoms with Gasteiger partial charge >= 0.3 is 6.18 Å². The van der Waals surface area contributed by atoms with Gasteiger partial charge in [-0.1, -0.05) is 18.2 Å². The minimum Gasteiger partial charge on any atom is -0.322 e. The van der Waals surface area contributed by atoms with Crippen LogP contribution in [0.4, 0.5) is 18.9 Å². The van der Waals surface area contributed by atoms with Gasteiger partial charge in [0.05, 0.1) is 11.3 Å². The molecule has 1 amide bonds. The van der Waals surface area contributed by atoms with Crippen LogP contribution in [-0.4, -0.2) is 20.7 Å². The van der Waals surface area contributed by atoms with Crippen LogP contribution in [0.3, 0.4) is 0 Å². The number of para-hydroxylation sites is 1. The molecule has 0 aliphatic carbocycles. The summed E-state index contributed by atoms with van der Waals surface area (Å²) in [6.45, 7) is 0. The van der Waals surface area contributed by atoms with E-state index in [9.17, 15) is 18.0 Å². The first-order chi connectivity index (χ1) is 11.4. The van der Waals surface area contributed by atoms with Gasteiger partial charge in [0.15, 0.2) is 5.69 Å². The molecule has 122 valence electrons. The van der Waals surface area contributed by atoms with Gasteiger partial charge in [0.25, 0.3) is 5.91 Å². The summed E-state index contributed by atoms with van der Waals surface area (Å²) in [5.74, 6) is -0.893. The summed E-state index contributed by atoms with van der Waals surface area (Å²) in [4.78, 5) is 16.0. The van der Waals surface area contributed by atoms with Crippen molar-refractivity contribution < 1.29 is 18.0 Å². The predicted octanol–water partition coefficient (Wildman–Crippen LogP) is 3.54. The van der Waals surface area contributed by atoms with Crippen molar-refractivity contribution in [2.45, 2.75) is 6.18 Å². The van der Waals surface area contributed by atoms with Crippen LogP contribution in [0.15, 0.2) is 61.1 Å². The fourth-order valence-electron chi connectivity index (χ4n) is 2.10. The highest BCUT2D eigenvalue weighted by molar-refractivity contribution is 6.05. The molecule has 0 spiro atoms. The third-order valence-electron chi connectivity index (χ3n) is 3.19. The van der Waals surface area contributed by atoms with Gasteiger partial charge in [-0.2, -0.15) is 18.3 Å².